The first-order chi connectivity index (χ1) is 25.5. The molecular formula is C51H39N. The van der Waals surface area contributed by atoms with Crippen LogP contribution in [0.2, 0.25) is 0 Å². The lowest BCUT2D eigenvalue weighted by Gasteiger charge is -2.27. The van der Waals surface area contributed by atoms with E-state index in [1.807, 2.05) is 0 Å². The van der Waals surface area contributed by atoms with Crippen molar-refractivity contribution in [3.05, 3.63) is 211 Å². The third-order valence-corrected chi connectivity index (χ3v) is 10.7. The molecule has 0 fully saturated rings. The number of hydrogen-bond acceptors (Lipinski definition) is 1. The van der Waals surface area contributed by atoms with Gasteiger partial charge in [0.15, 0.2) is 0 Å². The van der Waals surface area contributed by atoms with E-state index in [1.54, 1.807) is 0 Å². The molecule has 0 bridgehead atoms. The van der Waals surface area contributed by atoms with Crippen molar-refractivity contribution in [3.63, 3.8) is 0 Å². The summed E-state index contributed by atoms with van der Waals surface area (Å²) in [5.74, 6) is 0. The number of anilines is 3. The molecule has 1 aliphatic rings. The first-order valence-corrected chi connectivity index (χ1v) is 18.1. The molecule has 248 valence electrons. The zero-order chi connectivity index (χ0) is 35.1. The Labute approximate surface area is 307 Å². The molecule has 0 atom stereocenters. The predicted octanol–water partition coefficient (Wildman–Crippen LogP) is 14.1. The highest BCUT2D eigenvalue weighted by Crippen LogP contribution is 2.50. The normalized spacial score (nSPS) is 12.6. The first kappa shape index (κ1) is 31.5. The van der Waals surface area contributed by atoms with Gasteiger partial charge in [-0.3, -0.25) is 0 Å². The van der Waals surface area contributed by atoms with E-state index in [0.29, 0.717) is 0 Å². The van der Waals surface area contributed by atoms with Crippen LogP contribution in [0.4, 0.5) is 17.1 Å². The highest BCUT2D eigenvalue weighted by atomic mass is 15.1. The lowest BCUT2D eigenvalue weighted by Crippen LogP contribution is -2.14. The summed E-state index contributed by atoms with van der Waals surface area (Å²) in [6.07, 6.45) is 0. The summed E-state index contributed by atoms with van der Waals surface area (Å²) in [7, 11) is 0. The Balaban J connectivity index is 1.18. The molecule has 0 saturated heterocycles. The van der Waals surface area contributed by atoms with Gasteiger partial charge in [-0.05, 0) is 109 Å². The first-order valence-electron chi connectivity index (χ1n) is 18.1. The Morgan fingerprint density at radius 2 is 0.712 bits per heavy atom. The standard InChI is InChI=1S/C51H39N/c1-51(2)49-21-13-12-20-46(49)47-32-26-41(34-50(47)51)45-33-31-44(35-48(45)40-18-10-5-11-19-40)52(42-27-22-38(23-28-42)36-14-6-3-7-15-36)43-29-24-39(25-30-43)37-16-8-4-9-17-37/h3-35H,1-2H3. The quantitative estimate of drug-likeness (QED) is 0.164. The van der Waals surface area contributed by atoms with Crippen molar-refractivity contribution in [1.29, 1.82) is 0 Å². The molecule has 0 aliphatic heterocycles. The second kappa shape index (κ2) is 13.0. The van der Waals surface area contributed by atoms with E-state index >= 15 is 0 Å². The zero-order valence-corrected chi connectivity index (χ0v) is 29.5. The van der Waals surface area contributed by atoms with Crippen molar-refractivity contribution >= 4 is 17.1 Å². The van der Waals surface area contributed by atoms with Gasteiger partial charge in [0, 0.05) is 22.5 Å². The second-order valence-electron chi connectivity index (χ2n) is 14.2. The van der Waals surface area contributed by atoms with Crippen LogP contribution in [0.25, 0.3) is 55.6 Å². The maximum atomic E-state index is 2.43. The Bertz CT molecular complexity index is 2410. The van der Waals surface area contributed by atoms with Gasteiger partial charge in [0.25, 0.3) is 0 Å². The lowest BCUT2D eigenvalue weighted by atomic mass is 9.81. The van der Waals surface area contributed by atoms with E-state index in [2.05, 4.69) is 219 Å². The summed E-state index contributed by atoms with van der Waals surface area (Å²) in [4.78, 5) is 2.38. The molecule has 0 N–H and O–H groups in total. The van der Waals surface area contributed by atoms with Crippen molar-refractivity contribution in [1.82, 2.24) is 0 Å². The topological polar surface area (TPSA) is 3.24 Å². The van der Waals surface area contributed by atoms with Crippen LogP contribution in [0.3, 0.4) is 0 Å². The minimum absolute atomic E-state index is 0.0661. The van der Waals surface area contributed by atoms with Crippen molar-refractivity contribution in [2.24, 2.45) is 0 Å². The molecule has 0 radical (unpaired) electrons. The average Bonchev–Trinajstić information content (AvgIpc) is 3.45. The Hall–Kier alpha value is -6.44. The summed E-state index contributed by atoms with van der Waals surface area (Å²) in [5.41, 5.74) is 18.4. The van der Waals surface area contributed by atoms with Crippen LogP contribution >= 0.6 is 0 Å². The van der Waals surface area contributed by atoms with E-state index < -0.39 is 0 Å². The fourth-order valence-corrected chi connectivity index (χ4v) is 7.97. The molecule has 1 heteroatoms. The number of nitrogens with zero attached hydrogens (tertiary/aromatic N) is 1. The summed E-state index contributed by atoms with van der Waals surface area (Å²) in [6.45, 7) is 4.71. The van der Waals surface area contributed by atoms with Crippen LogP contribution in [-0.4, -0.2) is 0 Å². The van der Waals surface area contributed by atoms with E-state index in [-0.39, 0.29) is 5.41 Å². The molecule has 0 heterocycles. The third kappa shape index (κ3) is 5.61. The van der Waals surface area contributed by atoms with E-state index in [9.17, 15) is 0 Å². The van der Waals surface area contributed by atoms with Crippen LogP contribution in [0.1, 0.15) is 25.0 Å². The fraction of sp³-hybridized carbons (Fsp3) is 0.0588. The van der Waals surface area contributed by atoms with Crippen molar-refractivity contribution in [2.75, 3.05) is 4.90 Å². The number of rotatable bonds is 7. The SMILES string of the molecule is CC1(C)c2ccccc2-c2ccc(-c3ccc(N(c4ccc(-c5ccccc5)cc4)c4ccc(-c5ccccc5)cc4)cc3-c3ccccc3)cc21. The van der Waals surface area contributed by atoms with Gasteiger partial charge < -0.3 is 4.90 Å². The maximum Gasteiger partial charge on any atom is 0.0468 e. The molecule has 52 heavy (non-hydrogen) atoms. The zero-order valence-electron chi connectivity index (χ0n) is 29.5. The summed E-state index contributed by atoms with van der Waals surface area (Å²) >= 11 is 0. The van der Waals surface area contributed by atoms with Gasteiger partial charge in [0.2, 0.25) is 0 Å². The summed E-state index contributed by atoms with van der Waals surface area (Å²) < 4.78 is 0. The minimum Gasteiger partial charge on any atom is -0.310 e. The summed E-state index contributed by atoms with van der Waals surface area (Å²) in [6, 6.07) is 72.8. The van der Waals surface area contributed by atoms with Crippen molar-refractivity contribution in [2.45, 2.75) is 19.3 Å². The van der Waals surface area contributed by atoms with Crippen LogP contribution < -0.4 is 4.90 Å². The van der Waals surface area contributed by atoms with E-state index in [0.717, 1.165) is 17.1 Å². The van der Waals surface area contributed by atoms with Crippen LogP contribution in [0, 0.1) is 0 Å². The number of hydrogen-bond donors (Lipinski definition) is 0. The number of fused-ring (bicyclic) bond motifs is 3. The molecule has 1 nitrogen and oxygen atoms in total. The monoisotopic (exact) mass is 665 g/mol. The molecule has 0 amide bonds. The van der Waals surface area contributed by atoms with Gasteiger partial charge >= 0.3 is 0 Å². The molecule has 1 aliphatic carbocycles. The van der Waals surface area contributed by atoms with E-state index in [1.165, 1.54) is 66.8 Å². The van der Waals surface area contributed by atoms with Gasteiger partial charge in [0.05, 0.1) is 0 Å². The third-order valence-electron chi connectivity index (χ3n) is 10.7. The molecule has 9 rings (SSSR count). The molecule has 0 unspecified atom stereocenters. The molecule has 8 aromatic rings. The van der Waals surface area contributed by atoms with Crippen LogP contribution in [0.5, 0.6) is 0 Å². The molecule has 0 spiro atoms. The molecule has 8 aromatic carbocycles. The highest BCUT2D eigenvalue weighted by molar-refractivity contribution is 5.91. The Kier molecular flexibility index (Phi) is 7.90. The van der Waals surface area contributed by atoms with Crippen molar-refractivity contribution in [3.8, 4) is 55.6 Å². The Morgan fingerprint density at radius 3 is 1.29 bits per heavy atom. The number of benzene rings is 8. The Morgan fingerprint density at radius 1 is 0.288 bits per heavy atom. The molecule has 0 saturated carbocycles. The molecule has 0 aromatic heterocycles. The lowest BCUT2D eigenvalue weighted by molar-refractivity contribution is 0.660. The highest BCUT2D eigenvalue weighted by Gasteiger charge is 2.35. The van der Waals surface area contributed by atoms with Gasteiger partial charge in [-0.2, -0.15) is 0 Å². The largest absolute Gasteiger partial charge is 0.310 e. The van der Waals surface area contributed by atoms with Gasteiger partial charge in [0.1, 0.15) is 0 Å². The van der Waals surface area contributed by atoms with Crippen molar-refractivity contribution < 1.29 is 0 Å². The average molecular weight is 666 g/mol. The van der Waals surface area contributed by atoms with E-state index in [4.69, 9.17) is 0 Å². The fourth-order valence-electron chi connectivity index (χ4n) is 7.97. The predicted molar refractivity (Wildman–Crippen MR) is 220 cm³/mol. The maximum absolute atomic E-state index is 2.43. The second-order valence-corrected chi connectivity index (χ2v) is 14.2. The van der Waals surface area contributed by atoms with Gasteiger partial charge in [-0.25, -0.2) is 0 Å². The molecular weight excluding hydrogens is 627 g/mol. The summed E-state index contributed by atoms with van der Waals surface area (Å²) in [5, 5.41) is 0. The van der Waals surface area contributed by atoms with Crippen LogP contribution in [0.15, 0.2) is 200 Å². The van der Waals surface area contributed by atoms with Crippen LogP contribution in [-0.2, 0) is 5.41 Å². The smallest absolute Gasteiger partial charge is 0.0468 e. The van der Waals surface area contributed by atoms with Gasteiger partial charge in [-0.15, -0.1) is 0 Å². The minimum atomic E-state index is -0.0661. The van der Waals surface area contributed by atoms with Gasteiger partial charge in [-0.1, -0.05) is 172 Å².